The van der Waals surface area contributed by atoms with Gasteiger partial charge in [-0.1, -0.05) is 29.8 Å². The minimum atomic E-state index is -0.795. The zero-order valence-electron chi connectivity index (χ0n) is 10.3. The molecule has 0 aliphatic carbocycles. The Balaban J connectivity index is 2.31. The Morgan fingerprint density at radius 2 is 2.05 bits per heavy atom. The van der Waals surface area contributed by atoms with Crippen LogP contribution in [0.1, 0.15) is 29.9 Å². The van der Waals surface area contributed by atoms with Gasteiger partial charge in [0.15, 0.2) is 0 Å². The summed E-state index contributed by atoms with van der Waals surface area (Å²) in [5.41, 5.74) is 2.02. The lowest BCUT2D eigenvalue weighted by molar-refractivity contribution is -0.137. The number of carboxylic acids is 1. The number of rotatable bonds is 5. The first kappa shape index (κ1) is 13.6. The Kier molecular flexibility index (Phi) is 4.53. The number of aliphatic carboxylic acids is 1. The third kappa shape index (κ3) is 3.80. The van der Waals surface area contributed by atoms with Crippen molar-refractivity contribution in [3.05, 3.63) is 64.9 Å². The van der Waals surface area contributed by atoms with Crippen molar-refractivity contribution < 1.29 is 9.90 Å². The Hall–Kier alpha value is -1.87. The molecular weight excluding hydrogens is 262 g/mol. The minimum absolute atomic E-state index is 0.00324. The van der Waals surface area contributed by atoms with Crippen molar-refractivity contribution in [2.45, 2.75) is 18.8 Å². The molecule has 4 heteroatoms. The van der Waals surface area contributed by atoms with E-state index in [1.165, 1.54) is 0 Å². The number of pyridine rings is 1. The Morgan fingerprint density at radius 1 is 1.26 bits per heavy atom. The molecule has 2 rings (SSSR count). The molecule has 19 heavy (non-hydrogen) atoms. The summed E-state index contributed by atoms with van der Waals surface area (Å²) in [6, 6.07) is 11.3. The summed E-state index contributed by atoms with van der Waals surface area (Å²) in [5, 5.41) is 9.52. The monoisotopic (exact) mass is 275 g/mol. The molecule has 0 radical (unpaired) electrons. The number of hydrogen-bond acceptors (Lipinski definition) is 2. The predicted octanol–water partition coefficient (Wildman–Crippen LogP) is 3.73. The SMILES string of the molecule is O=C(O)CCC(c1cccnc1)c1cccc(Cl)c1. The van der Waals surface area contributed by atoms with Crippen molar-refractivity contribution in [2.24, 2.45) is 0 Å². The largest absolute Gasteiger partial charge is 0.481 e. The fourth-order valence-corrected chi connectivity index (χ4v) is 2.30. The Morgan fingerprint density at radius 3 is 2.68 bits per heavy atom. The van der Waals surface area contributed by atoms with E-state index in [1.807, 2.05) is 36.4 Å². The lowest BCUT2D eigenvalue weighted by atomic mass is 9.88. The molecule has 0 saturated heterocycles. The standard InChI is InChI=1S/C15H14ClNO2/c16-13-5-1-3-11(9-13)14(6-7-15(18)19)12-4-2-8-17-10-12/h1-5,8-10,14H,6-7H2,(H,18,19). The second-order valence-corrected chi connectivity index (χ2v) is 4.76. The molecule has 1 unspecified atom stereocenters. The van der Waals surface area contributed by atoms with E-state index < -0.39 is 5.97 Å². The van der Waals surface area contributed by atoms with E-state index in [9.17, 15) is 4.79 Å². The molecule has 1 atom stereocenters. The molecule has 1 heterocycles. The quantitative estimate of drug-likeness (QED) is 0.904. The number of halogens is 1. The van der Waals surface area contributed by atoms with Gasteiger partial charge in [-0.2, -0.15) is 0 Å². The number of hydrogen-bond donors (Lipinski definition) is 1. The predicted molar refractivity (Wildman–Crippen MR) is 74.4 cm³/mol. The first-order chi connectivity index (χ1) is 9.16. The highest BCUT2D eigenvalue weighted by atomic mass is 35.5. The third-order valence-corrected chi connectivity index (χ3v) is 3.22. The molecule has 0 aliphatic rings. The van der Waals surface area contributed by atoms with Crippen LogP contribution in [0.15, 0.2) is 48.8 Å². The molecule has 1 N–H and O–H groups in total. The third-order valence-electron chi connectivity index (χ3n) is 2.98. The van der Waals surface area contributed by atoms with Gasteiger partial charge < -0.3 is 5.11 Å². The smallest absolute Gasteiger partial charge is 0.303 e. The van der Waals surface area contributed by atoms with Gasteiger partial charge in [0.1, 0.15) is 0 Å². The molecule has 1 aromatic heterocycles. The highest BCUT2D eigenvalue weighted by Gasteiger charge is 2.16. The fourth-order valence-electron chi connectivity index (χ4n) is 2.10. The van der Waals surface area contributed by atoms with Crippen LogP contribution in [0.4, 0.5) is 0 Å². The number of aromatic nitrogens is 1. The zero-order valence-corrected chi connectivity index (χ0v) is 11.0. The second kappa shape index (κ2) is 6.34. The number of benzene rings is 1. The molecule has 0 spiro atoms. The molecule has 1 aromatic carbocycles. The Labute approximate surface area is 116 Å². The number of nitrogens with zero attached hydrogens (tertiary/aromatic N) is 1. The molecular formula is C15H14ClNO2. The number of carboxylic acid groups (broad SMARTS) is 1. The van der Waals surface area contributed by atoms with E-state index in [0.29, 0.717) is 11.4 Å². The van der Waals surface area contributed by atoms with Crippen molar-refractivity contribution in [1.29, 1.82) is 0 Å². The number of carbonyl (C=O) groups is 1. The Bertz CT molecular complexity index is 557. The van der Waals surface area contributed by atoms with Crippen LogP contribution in [0, 0.1) is 0 Å². The van der Waals surface area contributed by atoms with Crippen molar-refractivity contribution in [2.75, 3.05) is 0 Å². The summed E-state index contributed by atoms with van der Waals surface area (Å²) in [5.74, 6) is -0.792. The van der Waals surface area contributed by atoms with Gasteiger partial charge in [0.05, 0.1) is 0 Å². The average Bonchev–Trinajstić information content (AvgIpc) is 2.40. The molecule has 0 amide bonds. The van der Waals surface area contributed by atoms with Gasteiger partial charge >= 0.3 is 5.97 Å². The topological polar surface area (TPSA) is 50.2 Å². The van der Waals surface area contributed by atoms with Crippen LogP contribution >= 0.6 is 11.6 Å². The van der Waals surface area contributed by atoms with Gasteiger partial charge in [-0.25, -0.2) is 0 Å². The van der Waals surface area contributed by atoms with E-state index >= 15 is 0 Å². The summed E-state index contributed by atoms with van der Waals surface area (Å²) in [6.07, 6.45) is 4.12. The maximum Gasteiger partial charge on any atom is 0.303 e. The van der Waals surface area contributed by atoms with Crippen LogP contribution < -0.4 is 0 Å². The van der Waals surface area contributed by atoms with E-state index in [4.69, 9.17) is 16.7 Å². The van der Waals surface area contributed by atoms with Gasteiger partial charge in [-0.15, -0.1) is 0 Å². The van der Waals surface area contributed by atoms with Crippen LogP contribution in [-0.4, -0.2) is 16.1 Å². The van der Waals surface area contributed by atoms with Crippen molar-refractivity contribution in [3.8, 4) is 0 Å². The van der Waals surface area contributed by atoms with E-state index in [-0.39, 0.29) is 12.3 Å². The molecule has 2 aromatic rings. The van der Waals surface area contributed by atoms with Gasteiger partial charge in [0, 0.05) is 29.8 Å². The van der Waals surface area contributed by atoms with Crippen LogP contribution in [0.2, 0.25) is 5.02 Å². The molecule has 98 valence electrons. The van der Waals surface area contributed by atoms with Gasteiger partial charge in [0.25, 0.3) is 0 Å². The molecule has 3 nitrogen and oxygen atoms in total. The van der Waals surface area contributed by atoms with Crippen LogP contribution in [-0.2, 0) is 4.79 Å². The highest BCUT2D eigenvalue weighted by molar-refractivity contribution is 6.30. The average molecular weight is 276 g/mol. The van der Waals surface area contributed by atoms with Crippen LogP contribution in [0.3, 0.4) is 0 Å². The summed E-state index contributed by atoms with van der Waals surface area (Å²) < 4.78 is 0. The molecule has 0 aliphatic heterocycles. The van der Waals surface area contributed by atoms with Gasteiger partial charge in [-0.05, 0) is 35.7 Å². The summed E-state index contributed by atoms with van der Waals surface area (Å²) in [4.78, 5) is 14.9. The first-order valence-electron chi connectivity index (χ1n) is 6.04. The van der Waals surface area contributed by atoms with E-state index in [1.54, 1.807) is 12.4 Å². The van der Waals surface area contributed by atoms with Gasteiger partial charge in [-0.3, -0.25) is 9.78 Å². The molecule has 0 bridgehead atoms. The first-order valence-corrected chi connectivity index (χ1v) is 6.42. The van der Waals surface area contributed by atoms with Crippen molar-refractivity contribution in [1.82, 2.24) is 4.98 Å². The lowest BCUT2D eigenvalue weighted by Crippen LogP contribution is -2.05. The summed E-state index contributed by atoms with van der Waals surface area (Å²) >= 11 is 6.01. The van der Waals surface area contributed by atoms with Crippen molar-refractivity contribution in [3.63, 3.8) is 0 Å². The van der Waals surface area contributed by atoms with Crippen LogP contribution in [0.5, 0.6) is 0 Å². The van der Waals surface area contributed by atoms with E-state index in [2.05, 4.69) is 4.98 Å². The van der Waals surface area contributed by atoms with Crippen LogP contribution in [0.25, 0.3) is 0 Å². The maximum atomic E-state index is 10.8. The summed E-state index contributed by atoms with van der Waals surface area (Å²) in [6.45, 7) is 0. The van der Waals surface area contributed by atoms with Crippen molar-refractivity contribution >= 4 is 17.6 Å². The second-order valence-electron chi connectivity index (χ2n) is 4.33. The molecule has 0 saturated carbocycles. The maximum absolute atomic E-state index is 10.8. The highest BCUT2D eigenvalue weighted by Crippen LogP contribution is 2.30. The lowest BCUT2D eigenvalue weighted by Gasteiger charge is -2.17. The van der Waals surface area contributed by atoms with Gasteiger partial charge in [0.2, 0.25) is 0 Å². The fraction of sp³-hybridized carbons (Fsp3) is 0.200. The normalized spacial score (nSPS) is 12.1. The summed E-state index contributed by atoms with van der Waals surface area (Å²) in [7, 11) is 0. The zero-order chi connectivity index (χ0) is 13.7. The minimum Gasteiger partial charge on any atom is -0.481 e. The van der Waals surface area contributed by atoms with E-state index in [0.717, 1.165) is 11.1 Å². The molecule has 0 fully saturated rings.